The summed E-state index contributed by atoms with van der Waals surface area (Å²) in [6, 6.07) is 4.48. The molecule has 126 valence electrons. The minimum atomic E-state index is -4.51. The summed E-state index contributed by atoms with van der Waals surface area (Å²) in [6.07, 6.45) is 1.93. The lowest BCUT2D eigenvalue weighted by Gasteiger charge is -2.27. The molecule has 24 heavy (non-hydrogen) atoms. The molecule has 8 heteroatoms. The lowest BCUT2D eigenvalue weighted by Crippen LogP contribution is -2.31. The van der Waals surface area contributed by atoms with Gasteiger partial charge in [-0.15, -0.1) is 0 Å². The van der Waals surface area contributed by atoms with Gasteiger partial charge in [-0.2, -0.15) is 13.2 Å². The second-order valence-electron chi connectivity index (χ2n) is 5.50. The molecule has 0 spiro atoms. The van der Waals surface area contributed by atoms with Gasteiger partial charge >= 0.3 is 17.6 Å². The predicted molar refractivity (Wildman–Crippen MR) is 81.8 cm³/mol. The molecule has 1 aliphatic rings. The van der Waals surface area contributed by atoms with Crippen molar-refractivity contribution < 1.29 is 13.2 Å². The van der Waals surface area contributed by atoms with Gasteiger partial charge in [0, 0.05) is 13.0 Å². The second kappa shape index (κ2) is 5.70. The Morgan fingerprint density at radius 3 is 2.38 bits per heavy atom. The molecule has 0 bridgehead atoms. The largest absolute Gasteiger partial charge is 0.416 e. The van der Waals surface area contributed by atoms with Crippen LogP contribution in [-0.2, 0) is 13.2 Å². The number of hydrogen-bond donors (Lipinski definition) is 1. The first-order valence-corrected chi connectivity index (χ1v) is 7.19. The van der Waals surface area contributed by atoms with Gasteiger partial charge in [0.25, 0.3) is 0 Å². The summed E-state index contributed by atoms with van der Waals surface area (Å²) < 4.78 is 41.9. The third-order valence-corrected chi connectivity index (χ3v) is 4.04. The SMILES string of the molecule is Cn1c(=O)[nH]n([C@H]2C=CC=C[C@@H]2c2ccccc2C(F)(F)F)c1=O. The summed E-state index contributed by atoms with van der Waals surface area (Å²) in [5.41, 5.74) is -1.94. The third-order valence-electron chi connectivity index (χ3n) is 4.04. The molecule has 5 nitrogen and oxygen atoms in total. The van der Waals surface area contributed by atoms with Crippen LogP contribution in [0, 0.1) is 0 Å². The maximum atomic E-state index is 13.3. The van der Waals surface area contributed by atoms with E-state index in [0.717, 1.165) is 15.3 Å². The lowest BCUT2D eigenvalue weighted by atomic mass is 9.85. The minimum Gasteiger partial charge on any atom is -0.246 e. The van der Waals surface area contributed by atoms with Crippen LogP contribution >= 0.6 is 0 Å². The fourth-order valence-corrected chi connectivity index (χ4v) is 2.85. The van der Waals surface area contributed by atoms with Crippen LogP contribution < -0.4 is 11.4 Å². The topological polar surface area (TPSA) is 59.8 Å². The van der Waals surface area contributed by atoms with Gasteiger partial charge in [0.2, 0.25) is 0 Å². The van der Waals surface area contributed by atoms with E-state index >= 15 is 0 Å². The number of alkyl halides is 3. The zero-order valence-electron chi connectivity index (χ0n) is 12.6. The highest BCUT2D eigenvalue weighted by atomic mass is 19.4. The first-order chi connectivity index (χ1) is 11.3. The molecular formula is C16H14F3N3O2. The Kier molecular flexibility index (Phi) is 3.82. The van der Waals surface area contributed by atoms with E-state index in [0.29, 0.717) is 0 Å². The highest BCUT2D eigenvalue weighted by Crippen LogP contribution is 2.40. The molecule has 0 radical (unpaired) electrons. The highest BCUT2D eigenvalue weighted by Gasteiger charge is 2.37. The lowest BCUT2D eigenvalue weighted by molar-refractivity contribution is -0.138. The molecule has 0 unspecified atom stereocenters. The molecule has 0 fully saturated rings. The van der Waals surface area contributed by atoms with Gasteiger partial charge in [-0.3, -0.25) is 0 Å². The number of allylic oxidation sites excluding steroid dienone is 4. The van der Waals surface area contributed by atoms with Gasteiger partial charge in [0.05, 0.1) is 11.6 Å². The van der Waals surface area contributed by atoms with E-state index in [4.69, 9.17) is 0 Å². The van der Waals surface area contributed by atoms with E-state index in [1.165, 1.54) is 25.2 Å². The zero-order chi connectivity index (χ0) is 17.5. The van der Waals surface area contributed by atoms with Crippen molar-refractivity contribution in [1.82, 2.24) is 14.3 Å². The van der Waals surface area contributed by atoms with E-state index in [-0.39, 0.29) is 5.56 Å². The third kappa shape index (κ3) is 2.64. The Labute approximate surface area is 134 Å². The van der Waals surface area contributed by atoms with Gasteiger partial charge in [0.15, 0.2) is 0 Å². The number of benzene rings is 1. The van der Waals surface area contributed by atoms with Crippen molar-refractivity contribution in [2.45, 2.75) is 18.1 Å². The van der Waals surface area contributed by atoms with E-state index in [9.17, 15) is 22.8 Å². The number of hydrogen-bond acceptors (Lipinski definition) is 2. The summed E-state index contributed by atoms with van der Waals surface area (Å²) >= 11 is 0. The van der Waals surface area contributed by atoms with Gasteiger partial charge in [-0.1, -0.05) is 42.5 Å². The first-order valence-electron chi connectivity index (χ1n) is 7.19. The number of H-pyrrole nitrogens is 1. The summed E-state index contributed by atoms with van der Waals surface area (Å²) in [5, 5.41) is 2.39. The van der Waals surface area contributed by atoms with Gasteiger partial charge in [-0.25, -0.2) is 23.9 Å². The average Bonchev–Trinajstić information content (AvgIpc) is 2.81. The van der Waals surface area contributed by atoms with Gasteiger partial charge in [0.1, 0.15) is 0 Å². The average molecular weight is 337 g/mol. The van der Waals surface area contributed by atoms with Crippen molar-refractivity contribution in [2.75, 3.05) is 0 Å². The molecule has 1 aliphatic carbocycles. The van der Waals surface area contributed by atoms with Crippen molar-refractivity contribution >= 4 is 0 Å². The summed E-state index contributed by atoms with van der Waals surface area (Å²) in [5.74, 6) is -0.733. The van der Waals surface area contributed by atoms with E-state index in [1.807, 2.05) is 0 Å². The van der Waals surface area contributed by atoms with E-state index in [1.54, 1.807) is 24.3 Å². The Bertz CT molecular complexity index is 931. The molecule has 1 aromatic carbocycles. The Morgan fingerprint density at radius 2 is 1.75 bits per heavy atom. The first kappa shape index (κ1) is 16.1. The number of aromatic amines is 1. The number of nitrogens with zero attached hydrogens (tertiary/aromatic N) is 2. The normalized spacial score (nSPS) is 20.5. The summed E-state index contributed by atoms with van der Waals surface area (Å²) in [6.45, 7) is 0. The predicted octanol–water partition coefficient (Wildman–Crippen LogP) is 2.34. The molecule has 2 aromatic rings. The second-order valence-corrected chi connectivity index (χ2v) is 5.50. The smallest absolute Gasteiger partial charge is 0.246 e. The molecule has 1 heterocycles. The fraction of sp³-hybridized carbons (Fsp3) is 0.250. The maximum Gasteiger partial charge on any atom is 0.416 e. The van der Waals surface area contributed by atoms with E-state index < -0.39 is 35.1 Å². The van der Waals surface area contributed by atoms with Gasteiger partial charge in [-0.05, 0) is 11.6 Å². The summed E-state index contributed by atoms with van der Waals surface area (Å²) in [4.78, 5) is 23.8. The molecular weight excluding hydrogens is 323 g/mol. The van der Waals surface area contributed by atoms with Crippen molar-refractivity contribution in [3.63, 3.8) is 0 Å². The van der Waals surface area contributed by atoms with Crippen LogP contribution in [-0.4, -0.2) is 14.3 Å². The molecule has 0 amide bonds. The molecule has 0 saturated carbocycles. The number of rotatable bonds is 2. The summed E-state index contributed by atoms with van der Waals surface area (Å²) in [7, 11) is 1.30. The molecule has 1 aromatic heterocycles. The van der Waals surface area contributed by atoms with Crippen LogP contribution in [0.2, 0.25) is 0 Å². The Balaban J connectivity index is 2.15. The maximum absolute atomic E-state index is 13.3. The van der Waals surface area contributed by atoms with Gasteiger partial charge < -0.3 is 0 Å². The van der Waals surface area contributed by atoms with Crippen molar-refractivity contribution in [2.24, 2.45) is 7.05 Å². The molecule has 2 atom stereocenters. The van der Waals surface area contributed by atoms with E-state index in [2.05, 4.69) is 5.10 Å². The Hall–Kier alpha value is -2.77. The van der Waals surface area contributed by atoms with Crippen LogP contribution in [0.3, 0.4) is 0 Å². The molecule has 0 saturated heterocycles. The molecule has 0 aliphatic heterocycles. The zero-order valence-corrected chi connectivity index (χ0v) is 12.6. The van der Waals surface area contributed by atoms with Crippen LogP contribution in [0.15, 0.2) is 58.2 Å². The number of halogens is 3. The minimum absolute atomic E-state index is 0.0483. The fourth-order valence-electron chi connectivity index (χ4n) is 2.85. The van der Waals surface area contributed by atoms with Crippen molar-refractivity contribution in [1.29, 1.82) is 0 Å². The van der Waals surface area contributed by atoms with Crippen molar-refractivity contribution in [3.8, 4) is 0 Å². The van der Waals surface area contributed by atoms with Crippen LogP contribution in [0.25, 0.3) is 0 Å². The molecule has 3 rings (SSSR count). The van der Waals surface area contributed by atoms with Crippen molar-refractivity contribution in [3.05, 3.63) is 80.7 Å². The Morgan fingerprint density at radius 1 is 1.08 bits per heavy atom. The van der Waals surface area contributed by atoms with Crippen LogP contribution in [0.4, 0.5) is 13.2 Å². The quantitative estimate of drug-likeness (QED) is 0.914. The highest BCUT2D eigenvalue weighted by molar-refractivity contribution is 5.39. The standard InChI is InChI=1S/C16H14F3N3O2/c1-21-14(23)20-22(15(21)24)13-9-5-3-7-11(13)10-6-2-4-8-12(10)16(17,18)19/h2-9,11,13H,1H3,(H,20,23)/t11-,13+/m1/s1. The number of nitrogens with one attached hydrogen (secondary N) is 1. The molecule has 1 N–H and O–H groups in total. The number of aromatic nitrogens is 3. The van der Waals surface area contributed by atoms with Crippen LogP contribution in [0.1, 0.15) is 23.1 Å². The van der Waals surface area contributed by atoms with Crippen LogP contribution in [0.5, 0.6) is 0 Å². The monoisotopic (exact) mass is 337 g/mol.